The van der Waals surface area contributed by atoms with Crippen molar-refractivity contribution in [3.8, 4) is 11.6 Å². The van der Waals surface area contributed by atoms with Gasteiger partial charge in [-0.15, -0.1) is 0 Å². The van der Waals surface area contributed by atoms with Gasteiger partial charge in [0, 0.05) is 12.6 Å². The van der Waals surface area contributed by atoms with Gasteiger partial charge in [-0.25, -0.2) is 0 Å². The van der Waals surface area contributed by atoms with E-state index in [4.69, 9.17) is 5.11 Å². The van der Waals surface area contributed by atoms with E-state index in [1.165, 1.54) is 0 Å². The van der Waals surface area contributed by atoms with E-state index in [1.807, 2.05) is 5.32 Å². The van der Waals surface area contributed by atoms with Crippen molar-refractivity contribution in [1.82, 2.24) is 15.2 Å². The van der Waals surface area contributed by atoms with E-state index in [2.05, 4.69) is 5.32 Å². The molecule has 5 N–H and O–H groups in total. The summed E-state index contributed by atoms with van der Waals surface area (Å²) in [5.41, 5.74) is -2.24. The maximum absolute atomic E-state index is 12.9. The summed E-state index contributed by atoms with van der Waals surface area (Å²) < 4.78 is 0.987. The van der Waals surface area contributed by atoms with Crippen molar-refractivity contribution in [2.24, 2.45) is 5.92 Å². The maximum atomic E-state index is 12.9. The molecule has 0 radical (unpaired) electrons. The number of rotatable bonds is 7. The Kier molecular flexibility index (Phi) is 6.09. The number of aromatic nitrogens is 1. The van der Waals surface area contributed by atoms with Crippen LogP contribution in [-0.4, -0.2) is 50.8 Å². The Morgan fingerprint density at radius 2 is 1.55 bits per heavy atom. The minimum absolute atomic E-state index is 0.339. The van der Waals surface area contributed by atoms with Gasteiger partial charge in [-0.05, 0) is 31.6 Å². The summed E-state index contributed by atoms with van der Waals surface area (Å²) in [5, 5.41) is 34.6. The van der Waals surface area contributed by atoms with Crippen LogP contribution >= 0.6 is 0 Å². The molecule has 10 heteroatoms. The highest BCUT2D eigenvalue weighted by Gasteiger charge is 2.33. The van der Waals surface area contributed by atoms with Gasteiger partial charge in [0.05, 0.1) is 0 Å². The third-order valence-electron chi connectivity index (χ3n) is 5.40. The minimum Gasteiger partial charge on any atom is -0.506 e. The molecule has 1 heterocycles. The van der Waals surface area contributed by atoms with E-state index < -0.39 is 58.7 Å². The van der Waals surface area contributed by atoms with Gasteiger partial charge in [0.15, 0.2) is 5.75 Å². The van der Waals surface area contributed by atoms with Gasteiger partial charge in [0.2, 0.25) is 5.88 Å². The number of pyridine rings is 1. The number of nitrogens with zero attached hydrogens (tertiary/aromatic N) is 1. The van der Waals surface area contributed by atoms with Gasteiger partial charge in [0.25, 0.3) is 17.4 Å². The molecule has 2 saturated carbocycles. The Bertz CT molecular complexity index is 883. The molecule has 29 heavy (non-hydrogen) atoms. The molecule has 0 saturated heterocycles. The van der Waals surface area contributed by atoms with Crippen molar-refractivity contribution < 1.29 is 29.7 Å². The van der Waals surface area contributed by atoms with Crippen LogP contribution in [0.25, 0.3) is 0 Å². The summed E-state index contributed by atoms with van der Waals surface area (Å²) >= 11 is 0. The fourth-order valence-electron chi connectivity index (χ4n) is 3.65. The molecule has 2 aliphatic rings. The monoisotopic (exact) mass is 407 g/mol. The Hall–Kier alpha value is -3.04. The second-order valence-electron chi connectivity index (χ2n) is 7.62. The molecule has 1 aromatic rings. The predicted octanol–water partition coefficient (Wildman–Crippen LogP) is 0.719. The largest absolute Gasteiger partial charge is 0.506 e. The number of nitrogens with one attached hydrogen (secondary N) is 2. The van der Waals surface area contributed by atoms with Gasteiger partial charge >= 0.3 is 5.97 Å². The third-order valence-corrected chi connectivity index (χ3v) is 5.40. The van der Waals surface area contributed by atoms with Crippen molar-refractivity contribution in [2.45, 2.75) is 51.0 Å². The van der Waals surface area contributed by atoms with Crippen LogP contribution in [0.2, 0.25) is 0 Å². The molecule has 0 aliphatic heterocycles. The van der Waals surface area contributed by atoms with Crippen molar-refractivity contribution in [3.05, 3.63) is 21.5 Å². The molecule has 10 nitrogen and oxygen atoms in total. The Morgan fingerprint density at radius 3 is 2.14 bits per heavy atom. The predicted molar refractivity (Wildman–Crippen MR) is 101 cm³/mol. The third kappa shape index (κ3) is 4.52. The van der Waals surface area contributed by atoms with Gasteiger partial charge in [-0.2, -0.15) is 0 Å². The fourth-order valence-corrected chi connectivity index (χ4v) is 3.65. The first kappa shape index (κ1) is 20.7. The van der Waals surface area contributed by atoms with E-state index in [-0.39, 0.29) is 0 Å². The summed E-state index contributed by atoms with van der Waals surface area (Å²) in [4.78, 5) is 48.7. The van der Waals surface area contributed by atoms with Crippen LogP contribution in [-0.2, 0) is 4.79 Å². The van der Waals surface area contributed by atoms with Gasteiger partial charge in [0.1, 0.15) is 17.7 Å². The Labute approximate surface area is 166 Å². The van der Waals surface area contributed by atoms with Gasteiger partial charge < -0.3 is 26.0 Å². The number of carboxylic acid groups (broad SMARTS) is 1. The zero-order valence-electron chi connectivity index (χ0n) is 15.9. The Morgan fingerprint density at radius 1 is 0.931 bits per heavy atom. The highest BCUT2D eigenvalue weighted by Crippen LogP contribution is 2.35. The molecule has 2 aliphatic carbocycles. The average molecular weight is 407 g/mol. The molecule has 3 rings (SSSR count). The molecule has 0 unspecified atom stereocenters. The second-order valence-corrected chi connectivity index (χ2v) is 7.62. The van der Waals surface area contributed by atoms with E-state index in [0.29, 0.717) is 25.3 Å². The molecule has 0 atom stereocenters. The van der Waals surface area contributed by atoms with E-state index in [0.717, 1.165) is 36.7 Å². The van der Waals surface area contributed by atoms with Crippen LogP contribution in [0.3, 0.4) is 0 Å². The van der Waals surface area contributed by atoms with Crippen molar-refractivity contribution in [1.29, 1.82) is 0 Å². The van der Waals surface area contributed by atoms with Crippen molar-refractivity contribution in [3.63, 3.8) is 0 Å². The van der Waals surface area contributed by atoms with Crippen molar-refractivity contribution >= 4 is 17.8 Å². The molecule has 2 amide bonds. The van der Waals surface area contributed by atoms with Crippen molar-refractivity contribution in [2.75, 3.05) is 13.1 Å². The number of carbonyl (C=O) groups is 3. The molecule has 0 aromatic carbocycles. The summed E-state index contributed by atoms with van der Waals surface area (Å²) in [6.07, 6.45) is 5.73. The number of carbonyl (C=O) groups excluding carboxylic acids is 2. The van der Waals surface area contributed by atoms with E-state index >= 15 is 0 Å². The lowest BCUT2D eigenvalue weighted by Crippen LogP contribution is -2.38. The van der Waals surface area contributed by atoms with E-state index in [9.17, 15) is 29.4 Å². The summed E-state index contributed by atoms with van der Waals surface area (Å²) in [6.45, 7) is -0.397. The first-order valence-electron chi connectivity index (χ1n) is 9.79. The molecule has 0 bridgehead atoms. The normalized spacial score (nSPS) is 17.0. The fraction of sp³-hybridized carbons (Fsp3) is 0.579. The summed E-state index contributed by atoms with van der Waals surface area (Å²) in [5.74, 6) is -4.52. The highest BCUT2D eigenvalue weighted by atomic mass is 16.4. The molecule has 1 aromatic heterocycles. The average Bonchev–Trinajstić information content (AvgIpc) is 3.50. The van der Waals surface area contributed by atoms with E-state index in [1.54, 1.807) is 0 Å². The van der Waals surface area contributed by atoms with Crippen LogP contribution in [0.5, 0.6) is 11.6 Å². The lowest BCUT2D eigenvalue weighted by atomic mass is 9.94. The number of hydrogen-bond donors (Lipinski definition) is 5. The summed E-state index contributed by atoms with van der Waals surface area (Å²) in [7, 11) is 0. The lowest BCUT2D eigenvalue weighted by molar-refractivity contribution is -0.135. The first-order chi connectivity index (χ1) is 13.8. The number of amides is 2. The topological polar surface area (TPSA) is 158 Å². The molecule has 2 fully saturated rings. The van der Waals surface area contributed by atoms with Gasteiger partial charge in [-0.1, -0.05) is 19.3 Å². The molecule has 0 spiro atoms. The van der Waals surface area contributed by atoms with Crippen LogP contribution in [0, 0.1) is 5.92 Å². The smallest absolute Gasteiger partial charge is 0.322 e. The van der Waals surface area contributed by atoms with Crippen LogP contribution in [0.1, 0.15) is 71.7 Å². The zero-order valence-corrected chi connectivity index (χ0v) is 15.9. The Balaban J connectivity index is 2.06. The van der Waals surface area contributed by atoms with Crippen LogP contribution < -0.4 is 16.2 Å². The number of aliphatic carboxylic acids is 1. The van der Waals surface area contributed by atoms with Crippen LogP contribution in [0.4, 0.5) is 0 Å². The second kappa shape index (κ2) is 8.54. The number of aromatic hydroxyl groups is 2. The molecular formula is C19H25N3O7. The highest BCUT2D eigenvalue weighted by molar-refractivity contribution is 6.05. The quantitative estimate of drug-likeness (QED) is 0.445. The lowest BCUT2D eigenvalue weighted by Gasteiger charge is -2.26. The standard InChI is InChI=1S/C19H25N3O7/c23-12(24)9-21-17(27)14-15(25)13(16(26)20-8-10-6-7-10)18(28)22(19(14)29)11-4-2-1-3-5-11/h10-11,25,28H,1-9H2,(H,20,26)(H,21,27)(H,23,24). The van der Waals surface area contributed by atoms with Crippen LogP contribution in [0.15, 0.2) is 4.79 Å². The minimum atomic E-state index is -1.33. The SMILES string of the molecule is O=C(O)CNC(=O)c1c(O)c(C(=O)NCC2CC2)c(O)n(C2CCCCC2)c1=O. The summed E-state index contributed by atoms with van der Waals surface area (Å²) in [6, 6.07) is -0.419. The zero-order chi connectivity index (χ0) is 21.1. The maximum Gasteiger partial charge on any atom is 0.322 e. The molecular weight excluding hydrogens is 382 g/mol. The number of hydrogen-bond acceptors (Lipinski definition) is 6. The first-order valence-corrected chi connectivity index (χ1v) is 9.79. The van der Waals surface area contributed by atoms with Gasteiger partial charge in [-0.3, -0.25) is 23.7 Å². The molecule has 158 valence electrons. The number of carboxylic acids is 1.